The van der Waals surface area contributed by atoms with E-state index in [1.54, 1.807) is 6.92 Å². The van der Waals surface area contributed by atoms with Crippen molar-refractivity contribution in [1.29, 1.82) is 0 Å². The molecule has 0 fully saturated rings. The lowest BCUT2D eigenvalue weighted by molar-refractivity contribution is -0.144. The normalized spacial score (nSPS) is 12.0. The van der Waals surface area contributed by atoms with Crippen molar-refractivity contribution >= 4 is 5.97 Å². The zero-order valence-electron chi connectivity index (χ0n) is 5.39. The molecule has 0 N–H and O–H groups in total. The Balaban J connectivity index is 3.40. The molecule has 0 saturated carbocycles. The van der Waals surface area contributed by atoms with E-state index in [-0.39, 0.29) is 12.3 Å². The van der Waals surface area contributed by atoms with Gasteiger partial charge in [0.1, 0.15) is 0 Å². The molecule has 9 heavy (non-hydrogen) atoms. The van der Waals surface area contributed by atoms with Gasteiger partial charge in [0.2, 0.25) is 0 Å². The molecule has 0 spiro atoms. The third-order valence-electron chi connectivity index (χ3n) is 0.981. The minimum absolute atomic E-state index is 0.0417. The molecule has 1 unspecified atom stereocenters. The lowest BCUT2D eigenvalue weighted by atomic mass is 10.1. The van der Waals surface area contributed by atoms with Gasteiger partial charge in [-0.25, -0.2) is 9.90 Å². The van der Waals surface area contributed by atoms with Crippen molar-refractivity contribution in [3.05, 3.63) is 0 Å². The molecule has 2 nitrogen and oxygen atoms in total. The summed E-state index contributed by atoms with van der Waals surface area (Å²) in [5.41, 5.74) is 0. The minimum Gasteiger partial charge on any atom is -0.247 e. The molecule has 0 aromatic carbocycles. The topological polar surface area (TPSA) is 37.0 Å². The van der Waals surface area contributed by atoms with Crippen molar-refractivity contribution in [3.63, 3.8) is 0 Å². The lowest BCUT2D eigenvalue weighted by Gasteiger charge is -1.98. The van der Waals surface area contributed by atoms with Crippen LogP contribution in [-0.4, -0.2) is 5.97 Å². The maximum atomic E-state index is 9.90. The zero-order valence-corrected chi connectivity index (χ0v) is 5.39. The summed E-state index contributed by atoms with van der Waals surface area (Å²) in [4.78, 5) is 9.90. The van der Waals surface area contributed by atoms with E-state index in [0.717, 1.165) is 0 Å². The van der Waals surface area contributed by atoms with Gasteiger partial charge in [0, 0.05) is 6.42 Å². The zero-order chi connectivity index (χ0) is 7.28. The van der Waals surface area contributed by atoms with E-state index < -0.39 is 5.97 Å². The Hall–Kier alpha value is -0.970. The van der Waals surface area contributed by atoms with Gasteiger partial charge in [-0.3, -0.25) is 0 Å². The molecule has 1 radical (unpaired) electrons. The van der Waals surface area contributed by atoms with E-state index in [9.17, 15) is 9.90 Å². The summed E-state index contributed by atoms with van der Waals surface area (Å²) in [6.07, 6.45) is 5.51. The van der Waals surface area contributed by atoms with Crippen LogP contribution in [0.25, 0.3) is 0 Å². The van der Waals surface area contributed by atoms with Crippen molar-refractivity contribution < 1.29 is 9.90 Å². The molecule has 0 aliphatic carbocycles. The minimum atomic E-state index is -1.03. The third-order valence-corrected chi connectivity index (χ3v) is 0.981. The standard InChI is InChI=1S/C7H9O2/c1-3-4-6(2)5-7(8)9/h1,6H,4-5H2,2H3. The Morgan fingerprint density at radius 3 is 2.67 bits per heavy atom. The fourth-order valence-electron chi connectivity index (χ4n) is 0.558. The molecule has 0 amide bonds. The molecule has 0 heterocycles. The highest BCUT2D eigenvalue weighted by atomic mass is 16.4. The highest BCUT2D eigenvalue weighted by Crippen LogP contribution is 2.04. The van der Waals surface area contributed by atoms with E-state index in [0.29, 0.717) is 6.42 Å². The Kier molecular flexibility index (Phi) is 3.54. The predicted octanol–water partition coefficient (Wildman–Crippen LogP) is 0.993. The first kappa shape index (κ1) is 8.03. The molecule has 0 aliphatic heterocycles. The highest BCUT2D eigenvalue weighted by molar-refractivity contribution is 5.66. The summed E-state index contributed by atoms with van der Waals surface area (Å²) >= 11 is 0. The summed E-state index contributed by atoms with van der Waals surface area (Å²) < 4.78 is 0. The number of carbonyl (C=O) groups is 1. The van der Waals surface area contributed by atoms with Crippen molar-refractivity contribution in [2.75, 3.05) is 0 Å². The average molecular weight is 125 g/mol. The van der Waals surface area contributed by atoms with Crippen LogP contribution in [0.2, 0.25) is 0 Å². The summed E-state index contributed by atoms with van der Waals surface area (Å²) in [5.74, 6) is 1.39. The molecule has 0 aromatic heterocycles. The Morgan fingerprint density at radius 2 is 2.33 bits per heavy atom. The summed E-state index contributed by atoms with van der Waals surface area (Å²) in [6, 6.07) is 0. The molecule has 0 rings (SSSR count). The van der Waals surface area contributed by atoms with Gasteiger partial charge in [-0.1, -0.05) is 6.92 Å². The van der Waals surface area contributed by atoms with Crippen LogP contribution in [0.3, 0.4) is 0 Å². The van der Waals surface area contributed by atoms with Crippen LogP contribution >= 0.6 is 0 Å². The van der Waals surface area contributed by atoms with Crippen LogP contribution in [0.4, 0.5) is 0 Å². The van der Waals surface area contributed by atoms with Crippen molar-refractivity contribution in [2.45, 2.75) is 19.8 Å². The van der Waals surface area contributed by atoms with Gasteiger partial charge in [0.05, 0.1) is 6.42 Å². The Bertz CT molecular complexity index is 132. The van der Waals surface area contributed by atoms with E-state index in [1.807, 2.05) is 0 Å². The summed E-state index contributed by atoms with van der Waals surface area (Å²) in [6.45, 7) is 1.79. The maximum Gasteiger partial charge on any atom is 0.355 e. The van der Waals surface area contributed by atoms with Crippen LogP contribution in [-0.2, 0) is 9.90 Å². The molecular weight excluding hydrogens is 116 g/mol. The van der Waals surface area contributed by atoms with E-state index in [2.05, 4.69) is 5.92 Å². The van der Waals surface area contributed by atoms with Gasteiger partial charge in [-0.2, -0.15) is 0 Å². The van der Waals surface area contributed by atoms with Gasteiger partial charge in [0.25, 0.3) is 0 Å². The van der Waals surface area contributed by atoms with Crippen LogP contribution in [0.5, 0.6) is 0 Å². The van der Waals surface area contributed by atoms with Gasteiger partial charge in [-0.15, -0.1) is 12.3 Å². The van der Waals surface area contributed by atoms with Crippen molar-refractivity contribution in [2.24, 2.45) is 5.92 Å². The number of terminal acetylenes is 1. The molecular formula is C7H9O2. The molecule has 0 bridgehead atoms. The SMILES string of the molecule is C#CCC(C)CC([O])=O. The highest BCUT2D eigenvalue weighted by Gasteiger charge is 2.06. The van der Waals surface area contributed by atoms with Gasteiger partial charge < -0.3 is 0 Å². The second-order valence-corrected chi connectivity index (χ2v) is 2.09. The second kappa shape index (κ2) is 3.96. The first-order valence-electron chi connectivity index (χ1n) is 2.80. The van der Waals surface area contributed by atoms with Crippen LogP contribution in [0, 0.1) is 18.3 Å². The van der Waals surface area contributed by atoms with Crippen LogP contribution in [0.15, 0.2) is 0 Å². The number of hydrogen-bond donors (Lipinski definition) is 0. The fraction of sp³-hybridized carbons (Fsp3) is 0.571. The monoisotopic (exact) mass is 125 g/mol. The molecule has 49 valence electrons. The second-order valence-electron chi connectivity index (χ2n) is 2.09. The number of rotatable bonds is 3. The smallest absolute Gasteiger partial charge is 0.247 e. The third kappa shape index (κ3) is 4.89. The molecule has 0 aromatic rings. The van der Waals surface area contributed by atoms with E-state index >= 15 is 0 Å². The van der Waals surface area contributed by atoms with Gasteiger partial charge in [0.15, 0.2) is 0 Å². The average Bonchev–Trinajstić information content (AvgIpc) is 1.63. The molecule has 0 saturated heterocycles. The van der Waals surface area contributed by atoms with Gasteiger partial charge in [-0.05, 0) is 5.92 Å². The predicted molar refractivity (Wildman–Crippen MR) is 32.9 cm³/mol. The Morgan fingerprint density at radius 1 is 1.78 bits per heavy atom. The molecule has 0 aliphatic rings. The molecule has 2 heteroatoms. The maximum absolute atomic E-state index is 9.90. The largest absolute Gasteiger partial charge is 0.355 e. The first-order valence-corrected chi connectivity index (χ1v) is 2.80. The van der Waals surface area contributed by atoms with E-state index in [4.69, 9.17) is 6.42 Å². The van der Waals surface area contributed by atoms with Gasteiger partial charge >= 0.3 is 5.97 Å². The number of hydrogen-bond acceptors (Lipinski definition) is 1. The quantitative estimate of drug-likeness (QED) is 0.518. The van der Waals surface area contributed by atoms with Crippen LogP contribution < -0.4 is 0 Å². The fourth-order valence-corrected chi connectivity index (χ4v) is 0.558. The summed E-state index contributed by atoms with van der Waals surface area (Å²) in [5, 5.41) is 9.90. The van der Waals surface area contributed by atoms with E-state index in [1.165, 1.54) is 0 Å². The van der Waals surface area contributed by atoms with Crippen molar-refractivity contribution in [3.8, 4) is 12.3 Å². The lowest BCUT2D eigenvalue weighted by Crippen LogP contribution is -2.01. The first-order chi connectivity index (χ1) is 4.16. The summed E-state index contributed by atoms with van der Waals surface area (Å²) in [7, 11) is 0. The molecule has 1 atom stereocenters. The Labute approximate surface area is 54.9 Å². The van der Waals surface area contributed by atoms with Crippen molar-refractivity contribution in [1.82, 2.24) is 0 Å². The van der Waals surface area contributed by atoms with Crippen LogP contribution in [0.1, 0.15) is 19.8 Å². The number of carbonyl (C=O) groups excluding carboxylic acids is 1.